The van der Waals surface area contributed by atoms with Crippen molar-refractivity contribution in [1.82, 2.24) is 15.3 Å². The summed E-state index contributed by atoms with van der Waals surface area (Å²) in [5.41, 5.74) is 1.88. The largest absolute Gasteiger partial charge is 0.382 e. The zero-order valence-electron chi connectivity index (χ0n) is 13.2. The molecule has 1 aromatic rings. The zero-order chi connectivity index (χ0) is 15.5. The van der Waals surface area contributed by atoms with E-state index in [2.05, 4.69) is 20.6 Å². The van der Waals surface area contributed by atoms with Crippen LogP contribution in [0, 0.1) is 13.8 Å². The maximum Gasteiger partial charge on any atom is 0.223 e. The molecule has 0 aliphatic carbocycles. The molecule has 0 atom stereocenters. The molecule has 1 aromatic heterocycles. The van der Waals surface area contributed by atoms with Gasteiger partial charge in [-0.15, -0.1) is 0 Å². The van der Waals surface area contributed by atoms with Crippen LogP contribution in [-0.2, 0) is 9.53 Å². The molecule has 0 aliphatic rings. The second kappa shape index (κ2) is 10.1. The highest BCUT2D eigenvalue weighted by molar-refractivity contribution is 5.75. The molecular weight excluding hydrogens is 268 g/mol. The third-order valence-corrected chi connectivity index (χ3v) is 2.84. The fourth-order valence-electron chi connectivity index (χ4n) is 1.89. The molecule has 0 aromatic carbocycles. The number of carbonyl (C=O) groups excluding carboxylic acids is 1. The van der Waals surface area contributed by atoms with Gasteiger partial charge in [-0.25, -0.2) is 9.97 Å². The number of aromatic nitrogens is 2. The number of nitrogens with one attached hydrogen (secondary N) is 2. The normalized spacial score (nSPS) is 10.4. The van der Waals surface area contributed by atoms with Gasteiger partial charge in [-0.2, -0.15) is 0 Å². The standard InChI is InChI=1S/C15H26N4O2/c1-4-21-10-6-9-16-14(20)7-5-8-17-15-18-12(2)11-13(3)19-15/h11H,4-10H2,1-3H3,(H,16,20)(H,17,18,19). The summed E-state index contributed by atoms with van der Waals surface area (Å²) in [4.78, 5) is 20.2. The first-order valence-corrected chi connectivity index (χ1v) is 7.52. The summed E-state index contributed by atoms with van der Waals surface area (Å²) in [6.07, 6.45) is 2.12. The van der Waals surface area contributed by atoms with Gasteiger partial charge in [0.2, 0.25) is 11.9 Å². The number of ether oxygens (including phenoxy) is 1. The SMILES string of the molecule is CCOCCCNC(=O)CCCNc1nc(C)cc(C)n1. The molecule has 0 radical (unpaired) electrons. The van der Waals surface area contributed by atoms with Crippen LogP contribution >= 0.6 is 0 Å². The minimum absolute atomic E-state index is 0.0784. The summed E-state index contributed by atoms with van der Waals surface area (Å²) in [5, 5.41) is 6.02. The number of hydrogen-bond acceptors (Lipinski definition) is 5. The molecular formula is C15H26N4O2. The first-order valence-electron chi connectivity index (χ1n) is 7.52. The van der Waals surface area contributed by atoms with Gasteiger partial charge in [-0.05, 0) is 39.7 Å². The van der Waals surface area contributed by atoms with Crippen LogP contribution in [0.3, 0.4) is 0 Å². The maximum absolute atomic E-state index is 11.6. The summed E-state index contributed by atoms with van der Waals surface area (Å²) >= 11 is 0. The van der Waals surface area contributed by atoms with Crippen molar-refractivity contribution in [2.24, 2.45) is 0 Å². The maximum atomic E-state index is 11.6. The third kappa shape index (κ3) is 8.24. The molecule has 1 amide bonds. The van der Waals surface area contributed by atoms with Crippen molar-refractivity contribution < 1.29 is 9.53 Å². The van der Waals surface area contributed by atoms with E-state index in [0.717, 1.165) is 30.8 Å². The number of carbonyl (C=O) groups is 1. The molecule has 2 N–H and O–H groups in total. The number of hydrogen-bond donors (Lipinski definition) is 2. The highest BCUT2D eigenvalue weighted by Gasteiger charge is 2.02. The van der Waals surface area contributed by atoms with Gasteiger partial charge in [0, 0.05) is 44.1 Å². The molecule has 0 fully saturated rings. The van der Waals surface area contributed by atoms with Crippen molar-refractivity contribution in [2.45, 2.75) is 40.0 Å². The number of anilines is 1. The van der Waals surface area contributed by atoms with E-state index in [9.17, 15) is 4.79 Å². The molecule has 1 rings (SSSR count). The van der Waals surface area contributed by atoms with Gasteiger partial charge in [0.15, 0.2) is 0 Å². The van der Waals surface area contributed by atoms with Gasteiger partial charge in [0.25, 0.3) is 0 Å². The lowest BCUT2D eigenvalue weighted by Crippen LogP contribution is -2.25. The Morgan fingerprint density at radius 1 is 1.19 bits per heavy atom. The van der Waals surface area contributed by atoms with Crippen LogP contribution in [0.1, 0.15) is 37.6 Å². The monoisotopic (exact) mass is 294 g/mol. The van der Waals surface area contributed by atoms with Crippen molar-refractivity contribution in [3.05, 3.63) is 17.5 Å². The average Bonchev–Trinajstić information content (AvgIpc) is 2.42. The van der Waals surface area contributed by atoms with Crippen LogP contribution < -0.4 is 10.6 Å². The predicted octanol–water partition coefficient (Wildman–Crippen LogP) is 1.83. The number of rotatable bonds is 10. The van der Waals surface area contributed by atoms with E-state index < -0.39 is 0 Å². The van der Waals surface area contributed by atoms with Crippen molar-refractivity contribution in [1.29, 1.82) is 0 Å². The number of nitrogens with zero attached hydrogens (tertiary/aromatic N) is 2. The van der Waals surface area contributed by atoms with Gasteiger partial charge in [-0.3, -0.25) is 4.79 Å². The third-order valence-electron chi connectivity index (χ3n) is 2.84. The second-order valence-electron chi connectivity index (χ2n) is 4.91. The van der Waals surface area contributed by atoms with E-state index in [-0.39, 0.29) is 5.91 Å². The summed E-state index contributed by atoms with van der Waals surface area (Å²) in [6, 6.07) is 1.93. The van der Waals surface area contributed by atoms with E-state index in [0.29, 0.717) is 32.1 Å². The van der Waals surface area contributed by atoms with Gasteiger partial charge in [-0.1, -0.05) is 0 Å². The van der Waals surface area contributed by atoms with Crippen LogP contribution in [-0.4, -0.2) is 42.2 Å². The molecule has 6 heteroatoms. The van der Waals surface area contributed by atoms with Crippen LogP contribution in [0.25, 0.3) is 0 Å². The zero-order valence-corrected chi connectivity index (χ0v) is 13.2. The minimum atomic E-state index is 0.0784. The lowest BCUT2D eigenvalue weighted by atomic mass is 10.3. The Labute approximate surface area is 126 Å². The van der Waals surface area contributed by atoms with Crippen molar-refractivity contribution in [3.63, 3.8) is 0 Å². The summed E-state index contributed by atoms with van der Waals surface area (Å²) < 4.78 is 5.21. The summed E-state index contributed by atoms with van der Waals surface area (Å²) in [5.74, 6) is 0.708. The summed E-state index contributed by atoms with van der Waals surface area (Å²) in [6.45, 7) is 8.63. The Hall–Kier alpha value is -1.69. The molecule has 0 saturated carbocycles. The quantitative estimate of drug-likeness (QED) is 0.644. The molecule has 0 unspecified atom stereocenters. The fraction of sp³-hybridized carbons (Fsp3) is 0.667. The second-order valence-corrected chi connectivity index (χ2v) is 4.91. The molecule has 0 saturated heterocycles. The smallest absolute Gasteiger partial charge is 0.223 e. The van der Waals surface area contributed by atoms with Crippen LogP contribution in [0.2, 0.25) is 0 Å². The topological polar surface area (TPSA) is 76.1 Å². The molecule has 118 valence electrons. The average molecular weight is 294 g/mol. The Balaban J connectivity index is 2.09. The molecule has 21 heavy (non-hydrogen) atoms. The predicted molar refractivity (Wildman–Crippen MR) is 83.3 cm³/mol. The van der Waals surface area contributed by atoms with E-state index in [4.69, 9.17) is 4.74 Å². The van der Waals surface area contributed by atoms with Crippen molar-refractivity contribution in [3.8, 4) is 0 Å². The molecule has 6 nitrogen and oxygen atoms in total. The Morgan fingerprint density at radius 2 is 1.90 bits per heavy atom. The Bertz CT molecular complexity index is 417. The van der Waals surface area contributed by atoms with E-state index in [1.807, 2.05) is 26.8 Å². The summed E-state index contributed by atoms with van der Waals surface area (Å²) in [7, 11) is 0. The molecule has 0 aliphatic heterocycles. The molecule has 1 heterocycles. The van der Waals surface area contributed by atoms with Gasteiger partial charge in [0.05, 0.1) is 0 Å². The van der Waals surface area contributed by atoms with Gasteiger partial charge < -0.3 is 15.4 Å². The highest BCUT2D eigenvalue weighted by Crippen LogP contribution is 2.03. The first-order chi connectivity index (χ1) is 10.1. The van der Waals surface area contributed by atoms with Crippen LogP contribution in [0.15, 0.2) is 6.07 Å². The van der Waals surface area contributed by atoms with E-state index in [1.165, 1.54) is 0 Å². The number of aryl methyl sites for hydroxylation is 2. The minimum Gasteiger partial charge on any atom is -0.382 e. The van der Waals surface area contributed by atoms with E-state index in [1.54, 1.807) is 0 Å². The van der Waals surface area contributed by atoms with Gasteiger partial charge in [0.1, 0.15) is 0 Å². The van der Waals surface area contributed by atoms with Crippen molar-refractivity contribution >= 4 is 11.9 Å². The van der Waals surface area contributed by atoms with Gasteiger partial charge >= 0.3 is 0 Å². The van der Waals surface area contributed by atoms with Crippen LogP contribution in [0.5, 0.6) is 0 Å². The van der Waals surface area contributed by atoms with Crippen molar-refractivity contribution in [2.75, 3.05) is 31.6 Å². The fourth-order valence-corrected chi connectivity index (χ4v) is 1.89. The van der Waals surface area contributed by atoms with E-state index >= 15 is 0 Å². The first kappa shape index (κ1) is 17.4. The lowest BCUT2D eigenvalue weighted by Gasteiger charge is -2.07. The highest BCUT2D eigenvalue weighted by atomic mass is 16.5. The number of amides is 1. The van der Waals surface area contributed by atoms with Crippen LogP contribution in [0.4, 0.5) is 5.95 Å². The Kier molecular flexibility index (Phi) is 8.35. The molecule has 0 spiro atoms. The Morgan fingerprint density at radius 3 is 2.57 bits per heavy atom. The molecule has 0 bridgehead atoms. The lowest BCUT2D eigenvalue weighted by molar-refractivity contribution is -0.121.